The van der Waals surface area contributed by atoms with Crippen LogP contribution in [0.3, 0.4) is 0 Å². The Labute approximate surface area is 143 Å². The van der Waals surface area contributed by atoms with Gasteiger partial charge in [0, 0.05) is 5.69 Å². The second-order valence-corrected chi connectivity index (χ2v) is 5.78. The van der Waals surface area contributed by atoms with Gasteiger partial charge in [0.1, 0.15) is 0 Å². The predicted molar refractivity (Wildman–Crippen MR) is 93.0 cm³/mol. The van der Waals surface area contributed by atoms with E-state index >= 15 is 0 Å². The van der Waals surface area contributed by atoms with Gasteiger partial charge < -0.3 is 4.74 Å². The molecule has 1 atom stereocenters. The zero-order valence-corrected chi connectivity index (χ0v) is 14.4. The van der Waals surface area contributed by atoms with Crippen LogP contribution in [0, 0.1) is 34.0 Å². The number of nitriles is 2. The van der Waals surface area contributed by atoms with Gasteiger partial charge in [0.25, 0.3) is 0 Å². The lowest BCUT2D eigenvalue weighted by molar-refractivity contribution is 0.149. The highest BCUT2D eigenvalue weighted by molar-refractivity contribution is 5.88. The average Bonchev–Trinajstić information content (AvgIpc) is 2.58. The van der Waals surface area contributed by atoms with Crippen molar-refractivity contribution < 1.29 is 9.53 Å². The van der Waals surface area contributed by atoms with Crippen LogP contribution in [0.15, 0.2) is 43.0 Å². The fraction of sp³-hybridized carbons (Fsp3) is 0.421. The first kappa shape index (κ1) is 19.3. The number of allylic oxidation sites excluding steroid dienone is 1. The van der Waals surface area contributed by atoms with Crippen LogP contribution in [0.25, 0.3) is 0 Å². The van der Waals surface area contributed by atoms with Crippen molar-refractivity contribution in [2.75, 3.05) is 11.5 Å². The third-order valence-electron chi connectivity index (χ3n) is 3.78. The number of hydrogen-bond donors (Lipinski definition) is 0. The molecule has 0 bridgehead atoms. The summed E-state index contributed by atoms with van der Waals surface area (Å²) in [6, 6.07) is 12.5. The number of anilines is 1. The van der Waals surface area contributed by atoms with E-state index in [4.69, 9.17) is 4.74 Å². The second kappa shape index (κ2) is 8.74. The van der Waals surface area contributed by atoms with E-state index in [2.05, 4.69) is 18.7 Å². The summed E-state index contributed by atoms with van der Waals surface area (Å²) in [6.07, 6.45) is 1.13. The largest absolute Gasteiger partial charge is 0.449 e. The van der Waals surface area contributed by atoms with Gasteiger partial charge in [-0.1, -0.05) is 38.1 Å². The zero-order chi connectivity index (χ0) is 18.2. The molecule has 1 rings (SSSR count). The molecule has 0 N–H and O–H groups in total. The van der Waals surface area contributed by atoms with Crippen molar-refractivity contribution in [1.29, 1.82) is 10.5 Å². The van der Waals surface area contributed by atoms with Crippen molar-refractivity contribution in [3.63, 3.8) is 0 Å². The summed E-state index contributed by atoms with van der Waals surface area (Å²) < 4.78 is 5.19. The van der Waals surface area contributed by atoms with Gasteiger partial charge in [-0.15, -0.1) is 6.58 Å². The van der Waals surface area contributed by atoms with Crippen LogP contribution in [0.2, 0.25) is 0 Å². The van der Waals surface area contributed by atoms with Gasteiger partial charge in [0.05, 0.1) is 24.8 Å². The Hall–Kier alpha value is -2.79. The molecule has 5 nitrogen and oxygen atoms in total. The molecule has 1 unspecified atom stereocenters. The highest BCUT2D eigenvalue weighted by Crippen LogP contribution is 2.37. The third-order valence-corrected chi connectivity index (χ3v) is 3.78. The minimum Gasteiger partial charge on any atom is -0.449 e. The van der Waals surface area contributed by atoms with Crippen molar-refractivity contribution in [2.24, 2.45) is 11.3 Å². The Morgan fingerprint density at radius 1 is 1.33 bits per heavy atom. The van der Waals surface area contributed by atoms with Crippen LogP contribution in [-0.2, 0) is 4.74 Å². The number of hydrogen-bond acceptors (Lipinski definition) is 4. The lowest BCUT2D eigenvalue weighted by atomic mass is 9.74. The lowest BCUT2D eigenvalue weighted by Gasteiger charge is -2.40. The van der Waals surface area contributed by atoms with Gasteiger partial charge in [-0.05, 0) is 31.4 Å². The molecule has 0 heterocycles. The number of para-hydroxylation sites is 1. The van der Waals surface area contributed by atoms with E-state index < -0.39 is 17.6 Å². The second-order valence-electron chi connectivity index (χ2n) is 5.78. The summed E-state index contributed by atoms with van der Waals surface area (Å²) in [5.41, 5.74) is -0.813. The number of rotatable bonds is 7. The summed E-state index contributed by atoms with van der Waals surface area (Å²) in [7, 11) is 0. The molecule has 0 saturated heterocycles. The Balaban J connectivity index is 3.54. The van der Waals surface area contributed by atoms with E-state index in [0.717, 1.165) is 0 Å². The maximum Gasteiger partial charge on any atom is 0.414 e. The molecule has 0 fully saturated rings. The normalized spacial score (nSPS) is 11.9. The molecule has 0 aliphatic heterocycles. The van der Waals surface area contributed by atoms with Crippen LogP contribution in [0.5, 0.6) is 0 Å². The Morgan fingerprint density at radius 3 is 2.33 bits per heavy atom. The van der Waals surface area contributed by atoms with Crippen LogP contribution >= 0.6 is 0 Å². The van der Waals surface area contributed by atoms with Crippen molar-refractivity contribution in [2.45, 2.75) is 33.2 Å². The number of nitrogens with zero attached hydrogens (tertiary/aromatic N) is 3. The molecular formula is C19H23N3O2. The topological polar surface area (TPSA) is 77.1 Å². The van der Waals surface area contributed by atoms with Gasteiger partial charge >= 0.3 is 6.09 Å². The zero-order valence-electron chi connectivity index (χ0n) is 14.4. The molecule has 1 amide bonds. The van der Waals surface area contributed by atoms with E-state index in [1.165, 1.54) is 11.0 Å². The molecule has 0 spiro atoms. The maximum atomic E-state index is 12.6. The Morgan fingerprint density at radius 2 is 1.92 bits per heavy atom. The molecule has 1 aromatic carbocycles. The summed E-state index contributed by atoms with van der Waals surface area (Å²) in [6.45, 7) is 9.35. The number of ether oxygens (including phenoxy) is 1. The standard InChI is InChI=1S/C19H23N3O2/c1-5-12-19(13-20,14-21)17(15(3)4)22(18(23)24-6-2)16-10-8-7-9-11-16/h5,7-11,15,17H,1,6,12H2,2-4H3. The first-order chi connectivity index (χ1) is 11.5. The molecule has 0 saturated carbocycles. The molecule has 0 radical (unpaired) electrons. The van der Waals surface area contributed by atoms with Crippen LogP contribution in [0.1, 0.15) is 27.2 Å². The number of amides is 1. The van der Waals surface area contributed by atoms with E-state index in [0.29, 0.717) is 5.69 Å². The number of carbonyl (C=O) groups is 1. The van der Waals surface area contributed by atoms with Gasteiger partial charge in [0.15, 0.2) is 5.41 Å². The van der Waals surface area contributed by atoms with E-state index in [1.807, 2.05) is 19.9 Å². The summed E-state index contributed by atoms with van der Waals surface area (Å²) in [4.78, 5) is 14.1. The van der Waals surface area contributed by atoms with Crippen molar-refractivity contribution in [3.05, 3.63) is 43.0 Å². The third kappa shape index (κ3) is 3.94. The van der Waals surface area contributed by atoms with Gasteiger partial charge in [-0.25, -0.2) is 4.79 Å². The molecule has 5 heteroatoms. The maximum absolute atomic E-state index is 12.6. The van der Waals surface area contributed by atoms with E-state index in [9.17, 15) is 15.3 Å². The SMILES string of the molecule is C=CCC(C#N)(C#N)C(C(C)C)N(C(=O)OCC)c1ccccc1. The average molecular weight is 325 g/mol. The summed E-state index contributed by atoms with van der Waals surface area (Å²) in [5, 5.41) is 19.5. The van der Waals surface area contributed by atoms with Crippen LogP contribution in [-0.4, -0.2) is 18.7 Å². The highest BCUT2D eigenvalue weighted by Gasteiger charge is 2.46. The Bertz CT molecular complexity index is 627. The van der Waals surface area contributed by atoms with Gasteiger partial charge in [-0.3, -0.25) is 4.90 Å². The fourth-order valence-electron chi connectivity index (χ4n) is 2.85. The molecule has 24 heavy (non-hydrogen) atoms. The number of benzene rings is 1. The van der Waals surface area contributed by atoms with Crippen molar-refractivity contribution in [1.82, 2.24) is 0 Å². The number of carbonyl (C=O) groups excluding carboxylic acids is 1. The van der Waals surface area contributed by atoms with Crippen molar-refractivity contribution >= 4 is 11.8 Å². The first-order valence-electron chi connectivity index (χ1n) is 7.91. The fourth-order valence-corrected chi connectivity index (χ4v) is 2.85. The van der Waals surface area contributed by atoms with E-state index in [-0.39, 0.29) is 18.9 Å². The smallest absolute Gasteiger partial charge is 0.414 e. The predicted octanol–water partition coefficient (Wildman–Crippen LogP) is 4.28. The molecule has 0 aliphatic rings. The molecule has 126 valence electrons. The lowest BCUT2D eigenvalue weighted by Crippen LogP contribution is -2.53. The summed E-state index contributed by atoms with van der Waals surface area (Å²) >= 11 is 0. The van der Waals surface area contributed by atoms with E-state index in [1.54, 1.807) is 31.2 Å². The minimum atomic E-state index is -1.40. The Kier molecular flexibility index (Phi) is 7.01. The monoisotopic (exact) mass is 325 g/mol. The highest BCUT2D eigenvalue weighted by atomic mass is 16.6. The van der Waals surface area contributed by atoms with Crippen molar-refractivity contribution in [3.8, 4) is 12.1 Å². The molecule has 1 aromatic rings. The van der Waals surface area contributed by atoms with Crippen LogP contribution < -0.4 is 4.90 Å². The molecule has 0 aliphatic carbocycles. The van der Waals surface area contributed by atoms with Gasteiger partial charge in [-0.2, -0.15) is 10.5 Å². The molecule has 0 aromatic heterocycles. The summed E-state index contributed by atoms with van der Waals surface area (Å²) in [5.74, 6) is -0.145. The molecular weight excluding hydrogens is 302 g/mol. The van der Waals surface area contributed by atoms with Gasteiger partial charge in [0.2, 0.25) is 0 Å². The quantitative estimate of drug-likeness (QED) is 0.701. The minimum absolute atomic E-state index is 0.145. The van der Waals surface area contributed by atoms with Crippen LogP contribution in [0.4, 0.5) is 10.5 Å². The first-order valence-corrected chi connectivity index (χ1v) is 7.91.